The van der Waals surface area contributed by atoms with Crippen molar-refractivity contribution in [2.45, 2.75) is 11.4 Å². The zero-order chi connectivity index (χ0) is 23.7. The molecule has 0 aliphatic heterocycles. The predicted octanol–water partition coefficient (Wildman–Crippen LogP) is 2.55. The third-order valence-corrected chi connectivity index (χ3v) is 6.71. The number of fused-ring (bicyclic) bond motifs is 1. The summed E-state index contributed by atoms with van der Waals surface area (Å²) in [6, 6.07) is 23.2. The monoisotopic (exact) mass is 473 g/mol. The SMILES string of the molecule is O=c1[nH]c2ccc(S(=O)(=O)NCc3cn(-c4ccccc4)nc3-c3ccccc3)cc2[nH]c1=O. The van der Waals surface area contributed by atoms with E-state index in [0.717, 1.165) is 11.3 Å². The molecular formula is C24H19N5O4S. The van der Waals surface area contributed by atoms with Crippen LogP contribution in [0.15, 0.2) is 99.5 Å². The van der Waals surface area contributed by atoms with E-state index in [9.17, 15) is 18.0 Å². The van der Waals surface area contributed by atoms with Gasteiger partial charge < -0.3 is 9.97 Å². The number of rotatable bonds is 6. The first-order valence-electron chi connectivity index (χ1n) is 10.4. The standard InChI is InChI=1S/C24H19N5O4S/c30-23-24(31)27-21-13-19(11-12-20(21)26-23)34(32,33)25-14-17-15-29(18-9-5-2-6-10-18)28-22(17)16-7-3-1-4-8-16/h1-13,15,25H,14H2,(H,26,30)(H,27,31). The van der Waals surface area contributed by atoms with Crippen LogP contribution in [0.25, 0.3) is 28.0 Å². The Kier molecular flexibility index (Phi) is 5.44. The first kappa shape index (κ1) is 21.6. The van der Waals surface area contributed by atoms with Crippen molar-refractivity contribution in [3.05, 3.63) is 111 Å². The van der Waals surface area contributed by atoms with E-state index < -0.39 is 21.1 Å². The Morgan fingerprint density at radius 1 is 0.824 bits per heavy atom. The Labute approximate surface area is 193 Å². The third kappa shape index (κ3) is 4.19. The van der Waals surface area contributed by atoms with Crippen molar-refractivity contribution in [1.82, 2.24) is 24.5 Å². The van der Waals surface area contributed by atoms with Crippen LogP contribution < -0.4 is 15.8 Å². The molecule has 0 aliphatic rings. The molecule has 3 aromatic carbocycles. The molecule has 0 saturated carbocycles. The van der Waals surface area contributed by atoms with E-state index in [4.69, 9.17) is 5.10 Å². The molecule has 34 heavy (non-hydrogen) atoms. The van der Waals surface area contributed by atoms with Gasteiger partial charge in [0, 0.05) is 23.9 Å². The normalized spacial score (nSPS) is 11.6. The summed E-state index contributed by atoms with van der Waals surface area (Å²) in [6.07, 6.45) is 1.79. The summed E-state index contributed by atoms with van der Waals surface area (Å²) < 4.78 is 30.4. The molecule has 0 bridgehead atoms. The second kappa shape index (κ2) is 8.58. The Morgan fingerprint density at radius 3 is 2.18 bits per heavy atom. The predicted molar refractivity (Wildman–Crippen MR) is 128 cm³/mol. The van der Waals surface area contributed by atoms with Crippen molar-refractivity contribution < 1.29 is 8.42 Å². The van der Waals surface area contributed by atoms with Crippen LogP contribution in [0, 0.1) is 0 Å². The summed E-state index contributed by atoms with van der Waals surface area (Å²) in [6.45, 7) is -0.000422. The van der Waals surface area contributed by atoms with E-state index >= 15 is 0 Å². The molecule has 170 valence electrons. The summed E-state index contributed by atoms with van der Waals surface area (Å²) in [4.78, 5) is 27.9. The zero-order valence-corrected chi connectivity index (χ0v) is 18.5. The molecular weight excluding hydrogens is 454 g/mol. The van der Waals surface area contributed by atoms with Crippen molar-refractivity contribution in [1.29, 1.82) is 0 Å². The van der Waals surface area contributed by atoms with Gasteiger partial charge in [-0.05, 0) is 30.3 Å². The van der Waals surface area contributed by atoms with Crippen LogP contribution in [0.2, 0.25) is 0 Å². The maximum Gasteiger partial charge on any atom is 0.314 e. The Bertz CT molecular complexity index is 1710. The van der Waals surface area contributed by atoms with Crippen molar-refractivity contribution in [3.63, 3.8) is 0 Å². The van der Waals surface area contributed by atoms with Crippen molar-refractivity contribution in [2.24, 2.45) is 0 Å². The molecule has 0 aliphatic carbocycles. The molecule has 5 rings (SSSR count). The van der Waals surface area contributed by atoms with Gasteiger partial charge in [0.05, 0.1) is 27.3 Å². The minimum atomic E-state index is -3.93. The quantitative estimate of drug-likeness (QED) is 0.326. The number of sulfonamides is 1. The van der Waals surface area contributed by atoms with Gasteiger partial charge in [-0.25, -0.2) is 17.8 Å². The molecule has 5 aromatic rings. The highest BCUT2D eigenvalue weighted by Crippen LogP contribution is 2.24. The molecule has 3 N–H and O–H groups in total. The molecule has 0 atom stereocenters. The third-order valence-electron chi connectivity index (χ3n) is 5.31. The molecule has 0 radical (unpaired) electrons. The molecule has 0 unspecified atom stereocenters. The Morgan fingerprint density at radius 2 is 1.47 bits per heavy atom. The average Bonchev–Trinajstić information content (AvgIpc) is 3.29. The summed E-state index contributed by atoms with van der Waals surface area (Å²) >= 11 is 0. The summed E-state index contributed by atoms with van der Waals surface area (Å²) in [5.41, 5.74) is 1.96. The number of aromatic nitrogens is 4. The van der Waals surface area contributed by atoms with E-state index in [1.165, 1.54) is 18.2 Å². The number of H-pyrrole nitrogens is 2. The molecule has 10 heteroatoms. The van der Waals surface area contributed by atoms with Gasteiger partial charge in [0.2, 0.25) is 10.0 Å². The molecule has 2 heterocycles. The lowest BCUT2D eigenvalue weighted by atomic mass is 10.1. The second-order valence-electron chi connectivity index (χ2n) is 7.59. The minimum absolute atomic E-state index is 0.000422. The van der Waals surface area contributed by atoms with Crippen molar-refractivity contribution in [2.75, 3.05) is 0 Å². The molecule has 0 amide bonds. The fourth-order valence-corrected chi connectivity index (χ4v) is 4.64. The summed E-state index contributed by atoms with van der Waals surface area (Å²) in [7, 11) is -3.93. The number of nitrogens with one attached hydrogen (secondary N) is 3. The number of hydrogen-bond donors (Lipinski definition) is 3. The van der Waals surface area contributed by atoms with E-state index in [2.05, 4.69) is 14.7 Å². The minimum Gasteiger partial charge on any atom is -0.316 e. The molecule has 0 spiro atoms. The van der Waals surface area contributed by atoms with Crippen LogP contribution in [-0.2, 0) is 16.6 Å². The lowest BCUT2D eigenvalue weighted by molar-refractivity contribution is 0.581. The van der Waals surface area contributed by atoms with E-state index in [1.807, 2.05) is 60.7 Å². The maximum absolute atomic E-state index is 13.0. The van der Waals surface area contributed by atoms with Gasteiger partial charge in [0.25, 0.3) is 0 Å². The smallest absolute Gasteiger partial charge is 0.314 e. The zero-order valence-electron chi connectivity index (χ0n) is 17.7. The summed E-state index contributed by atoms with van der Waals surface area (Å²) in [5, 5.41) is 4.69. The van der Waals surface area contributed by atoms with Crippen LogP contribution in [0.1, 0.15) is 5.56 Å². The Hall–Kier alpha value is -4.28. The first-order valence-corrected chi connectivity index (χ1v) is 11.8. The molecule has 2 aromatic heterocycles. The highest BCUT2D eigenvalue weighted by molar-refractivity contribution is 7.89. The number of hydrogen-bond acceptors (Lipinski definition) is 5. The van der Waals surface area contributed by atoms with Gasteiger partial charge in [0.15, 0.2) is 0 Å². The summed E-state index contributed by atoms with van der Waals surface area (Å²) in [5.74, 6) is 0. The van der Waals surface area contributed by atoms with Gasteiger partial charge in [-0.2, -0.15) is 5.10 Å². The fraction of sp³-hybridized carbons (Fsp3) is 0.0417. The maximum atomic E-state index is 13.0. The van der Waals surface area contributed by atoms with Crippen molar-refractivity contribution >= 4 is 21.1 Å². The van der Waals surface area contributed by atoms with Crippen LogP contribution >= 0.6 is 0 Å². The van der Waals surface area contributed by atoms with Crippen molar-refractivity contribution in [3.8, 4) is 16.9 Å². The second-order valence-corrected chi connectivity index (χ2v) is 9.36. The number of aromatic amines is 2. The van der Waals surface area contributed by atoms with Gasteiger partial charge in [-0.15, -0.1) is 0 Å². The first-order chi connectivity index (χ1) is 16.4. The lowest BCUT2D eigenvalue weighted by Crippen LogP contribution is -2.29. The van der Waals surface area contributed by atoms with Crippen LogP contribution in [0.4, 0.5) is 0 Å². The largest absolute Gasteiger partial charge is 0.316 e. The van der Waals surface area contributed by atoms with Gasteiger partial charge in [-0.1, -0.05) is 48.5 Å². The topological polar surface area (TPSA) is 130 Å². The number of nitrogens with zero attached hydrogens (tertiary/aromatic N) is 2. The number of para-hydroxylation sites is 1. The van der Waals surface area contributed by atoms with Gasteiger partial charge in [0.1, 0.15) is 0 Å². The van der Waals surface area contributed by atoms with Gasteiger partial charge >= 0.3 is 11.1 Å². The Balaban J connectivity index is 1.49. The van der Waals surface area contributed by atoms with E-state index in [1.54, 1.807) is 10.9 Å². The molecule has 0 saturated heterocycles. The number of benzene rings is 3. The highest BCUT2D eigenvalue weighted by Gasteiger charge is 2.18. The molecule has 0 fully saturated rings. The molecule has 9 nitrogen and oxygen atoms in total. The van der Waals surface area contributed by atoms with Crippen LogP contribution in [-0.4, -0.2) is 28.2 Å². The van der Waals surface area contributed by atoms with E-state index in [-0.39, 0.29) is 17.0 Å². The average molecular weight is 474 g/mol. The van der Waals surface area contributed by atoms with Crippen LogP contribution in [0.5, 0.6) is 0 Å². The fourth-order valence-electron chi connectivity index (χ4n) is 3.61. The van der Waals surface area contributed by atoms with E-state index in [0.29, 0.717) is 16.8 Å². The van der Waals surface area contributed by atoms with Gasteiger partial charge in [-0.3, -0.25) is 9.59 Å². The highest BCUT2D eigenvalue weighted by atomic mass is 32.2. The van der Waals surface area contributed by atoms with Crippen LogP contribution in [0.3, 0.4) is 0 Å². The lowest BCUT2D eigenvalue weighted by Gasteiger charge is -2.08.